The van der Waals surface area contributed by atoms with Crippen molar-refractivity contribution < 1.29 is 22.3 Å². The fourth-order valence-corrected chi connectivity index (χ4v) is 5.11. The molecular weight excluding hydrogens is 418 g/mol. The van der Waals surface area contributed by atoms with E-state index in [1.54, 1.807) is 61.0 Å². The number of aromatic nitrogens is 2. The Morgan fingerprint density at radius 2 is 1.58 bits per heavy atom. The summed E-state index contributed by atoms with van der Waals surface area (Å²) in [5.74, 6) is 2.23. The molecule has 164 valence electrons. The standard InChI is InChI=1S/C22H25N3O5S/c1-15-9-11-25(12-10-15)31(26,27)18-6-4-5-16(13-18)21-23-24-22(30-21)17-7-8-19(28-2)20(14-17)29-3/h4-8,13-15H,9-12H2,1-3H3. The lowest BCUT2D eigenvalue weighted by Gasteiger charge is -2.29. The summed E-state index contributed by atoms with van der Waals surface area (Å²) in [6, 6.07) is 11.9. The molecule has 0 radical (unpaired) electrons. The third-order valence-corrected chi connectivity index (χ3v) is 7.41. The van der Waals surface area contributed by atoms with E-state index in [2.05, 4.69) is 17.1 Å². The molecule has 3 aromatic rings. The quantitative estimate of drug-likeness (QED) is 0.571. The molecule has 1 aliphatic heterocycles. The van der Waals surface area contributed by atoms with Crippen LogP contribution in [0, 0.1) is 5.92 Å². The van der Waals surface area contributed by atoms with Gasteiger partial charge in [0.2, 0.25) is 21.8 Å². The van der Waals surface area contributed by atoms with Crippen LogP contribution in [0.15, 0.2) is 51.8 Å². The summed E-state index contributed by atoms with van der Waals surface area (Å²) in [7, 11) is -0.450. The van der Waals surface area contributed by atoms with Gasteiger partial charge in [-0.1, -0.05) is 13.0 Å². The second kappa shape index (κ2) is 8.68. The summed E-state index contributed by atoms with van der Waals surface area (Å²) in [5, 5.41) is 8.22. The molecule has 0 saturated carbocycles. The Bertz CT molecular complexity index is 1170. The SMILES string of the molecule is COc1ccc(-c2nnc(-c3cccc(S(=O)(=O)N4CCC(C)CC4)c3)o2)cc1OC. The molecule has 4 rings (SSSR count). The molecule has 9 heteroatoms. The molecule has 0 spiro atoms. The average molecular weight is 444 g/mol. The van der Waals surface area contributed by atoms with Crippen molar-refractivity contribution in [3.05, 3.63) is 42.5 Å². The number of ether oxygens (including phenoxy) is 2. The van der Waals surface area contributed by atoms with Gasteiger partial charge in [-0.3, -0.25) is 0 Å². The number of hydrogen-bond acceptors (Lipinski definition) is 7. The molecule has 2 heterocycles. The molecule has 0 atom stereocenters. The molecule has 0 bridgehead atoms. The van der Waals surface area contributed by atoms with Gasteiger partial charge >= 0.3 is 0 Å². The molecule has 0 aliphatic carbocycles. The van der Waals surface area contributed by atoms with E-state index < -0.39 is 10.0 Å². The van der Waals surface area contributed by atoms with E-state index in [1.807, 2.05) is 0 Å². The highest BCUT2D eigenvalue weighted by molar-refractivity contribution is 7.89. The monoisotopic (exact) mass is 443 g/mol. The minimum atomic E-state index is -3.56. The van der Waals surface area contributed by atoms with Crippen LogP contribution < -0.4 is 9.47 Å². The van der Waals surface area contributed by atoms with Gasteiger partial charge in [0.05, 0.1) is 19.1 Å². The van der Waals surface area contributed by atoms with Gasteiger partial charge < -0.3 is 13.9 Å². The average Bonchev–Trinajstić information content (AvgIpc) is 3.29. The highest BCUT2D eigenvalue weighted by Crippen LogP contribution is 2.33. The smallest absolute Gasteiger partial charge is 0.248 e. The third kappa shape index (κ3) is 4.28. The number of benzene rings is 2. The number of sulfonamides is 1. The van der Waals surface area contributed by atoms with Gasteiger partial charge in [-0.25, -0.2) is 8.42 Å². The molecule has 1 fully saturated rings. The fourth-order valence-electron chi connectivity index (χ4n) is 3.59. The van der Waals surface area contributed by atoms with Crippen LogP contribution >= 0.6 is 0 Å². The van der Waals surface area contributed by atoms with Gasteiger partial charge in [0.25, 0.3) is 0 Å². The molecule has 8 nitrogen and oxygen atoms in total. The number of piperidine rings is 1. The first kappa shape index (κ1) is 21.3. The largest absolute Gasteiger partial charge is 0.493 e. The summed E-state index contributed by atoms with van der Waals surface area (Å²) in [6.07, 6.45) is 1.74. The Morgan fingerprint density at radius 3 is 2.23 bits per heavy atom. The first-order chi connectivity index (χ1) is 14.9. The number of nitrogens with zero attached hydrogens (tertiary/aromatic N) is 3. The van der Waals surface area contributed by atoms with E-state index in [9.17, 15) is 8.42 Å². The van der Waals surface area contributed by atoms with Crippen LogP contribution in [0.1, 0.15) is 19.8 Å². The van der Waals surface area contributed by atoms with Crippen LogP contribution in [0.25, 0.3) is 22.9 Å². The van der Waals surface area contributed by atoms with E-state index in [4.69, 9.17) is 13.9 Å². The second-order valence-electron chi connectivity index (χ2n) is 7.60. The Morgan fingerprint density at radius 1 is 0.935 bits per heavy atom. The predicted octanol–water partition coefficient (Wildman–Crippen LogP) is 3.84. The van der Waals surface area contributed by atoms with E-state index in [0.29, 0.717) is 47.5 Å². The van der Waals surface area contributed by atoms with Crippen LogP contribution in [0.5, 0.6) is 11.5 Å². The molecule has 31 heavy (non-hydrogen) atoms. The van der Waals surface area contributed by atoms with Crippen molar-refractivity contribution in [3.63, 3.8) is 0 Å². The molecule has 0 unspecified atom stereocenters. The van der Waals surface area contributed by atoms with Crippen LogP contribution in [-0.4, -0.2) is 50.2 Å². The van der Waals surface area contributed by atoms with Crippen molar-refractivity contribution in [1.29, 1.82) is 0 Å². The van der Waals surface area contributed by atoms with Gasteiger partial charge in [0.15, 0.2) is 11.5 Å². The van der Waals surface area contributed by atoms with Gasteiger partial charge in [-0.2, -0.15) is 4.31 Å². The van der Waals surface area contributed by atoms with Crippen molar-refractivity contribution in [1.82, 2.24) is 14.5 Å². The van der Waals surface area contributed by atoms with E-state index in [-0.39, 0.29) is 10.8 Å². The molecule has 2 aromatic carbocycles. The van der Waals surface area contributed by atoms with Crippen LogP contribution in [-0.2, 0) is 10.0 Å². The molecule has 0 amide bonds. The summed E-state index contributed by atoms with van der Waals surface area (Å²) in [5.41, 5.74) is 1.22. The number of hydrogen-bond donors (Lipinski definition) is 0. The van der Waals surface area contributed by atoms with Crippen molar-refractivity contribution in [2.45, 2.75) is 24.7 Å². The normalized spacial score (nSPS) is 15.7. The summed E-state index contributed by atoms with van der Waals surface area (Å²) >= 11 is 0. The zero-order valence-corrected chi connectivity index (χ0v) is 18.6. The zero-order chi connectivity index (χ0) is 22.0. The first-order valence-corrected chi connectivity index (χ1v) is 11.5. The van der Waals surface area contributed by atoms with Gasteiger partial charge in [0, 0.05) is 24.2 Å². The first-order valence-electron chi connectivity index (χ1n) is 10.1. The van der Waals surface area contributed by atoms with Crippen molar-refractivity contribution in [2.24, 2.45) is 5.92 Å². The highest BCUT2D eigenvalue weighted by atomic mass is 32.2. The number of rotatable bonds is 6. The minimum Gasteiger partial charge on any atom is -0.493 e. The van der Waals surface area contributed by atoms with Crippen LogP contribution in [0.2, 0.25) is 0 Å². The van der Waals surface area contributed by atoms with Crippen LogP contribution in [0.3, 0.4) is 0 Å². The molecule has 1 aromatic heterocycles. The number of methoxy groups -OCH3 is 2. The van der Waals surface area contributed by atoms with E-state index in [1.165, 1.54) is 0 Å². The Hall–Kier alpha value is -2.91. The lowest BCUT2D eigenvalue weighted by atomic mass is 10.0. The lowest BCUT2D eigenvalue weighted by Crippen LogP contribution is -2.37. The van der Waals surface area contributed by atoms with Gasteiger partial charge in [0.1, 0.15) is 0 Å². The topological polar surface area (TPSA) is 94.8 Å². The van der Waals surface area contributed by atoms with Gasteiger partial charge in [-0.05, 0) is 55.2 Å². The fraction of sp³-hybridized carbons (Fsp3) is 0.364. The second-order valence-corrected chi connectivity index (χ2v) is 9.53. The Labute approximate surface area is 181 Å². The molecule has 1 aliphatic rings. The lowest BCUT2D eigenvalue weighted by molar-refractivity contribution is 0.288. The zero-order valence-electron chi connectivity index (χ0n) is 17.7. The maximum Gasteiger partial charge on any atom is 0.248 e. The predicted molar refractivity (Wildman–Crippen MR) is 115 cm³/mol. The van der Waals surface area contributed by atoms with Crippen molar-refractivity contribution in [3.8, 4) is 34.4 Å². The van der Waals surface area contributed by atoms with Gasteiger partial charge in [-0.15, -0.1) is 10.2 Å². The van der Waals surface area contributed by atoms with Crippen molar-refractivity contribution >= 4 is 10.0 Å². The molecular formula is C22H25N3O5S. The Kier molecular flexibility index (Phi) is 5.97. The highest BCUT2D eigenvalue weighted by Gasteiger charge is 2.28. The minimum absolute atomic E-state index is 0.227. The van der Waals surface area contributed by atoms with Crippen molar-refractivity contribution in [2.75, 3.05) is 27.3 Å². The summed E-state index contributed by atoms with van der Waals surface area (Å²) in [6.45, 7) is 3.23. The molecule has 0 N–H and O–H groups in total. The maximum atomic E-state index is 13.1. The summed E-state index contributed by atoms with van der Waals surface area (Å²) < 4.78 is 44.1. The van der Waals surface area contributed by atoms with E-state index in [0.717, 1.165) is 12.8 Å². The Balaban J connectivity index is 1.62. The maximum absolute atomic E-state index is 13.1. The third-order valence-electron chi connectivity index (χ3n) is 5.52. The summed E-state index contributed by atoms with van der Waals surface area (Å²) in [4.78, 5) is 0.227. The van der Waals surface area contributed by atoms with Crippen LogP contribution in [0.4, 0.5) is 0 Å². The van der Waals surface area contributed by atoms with E-state index >= 15 is 0 Å². The molecule has 1 saturated heterocycles.